The quantitative estimate of drug-likeness (QED) is 0.679. The van der Waals surface area contributed by atoms with Gasteiger partial charge in [0.1, 0.15) is 4.21 Å². The van der Waals surface area contributed by atoms with Crippen LogP contribution in [0, 0.1) is 0 Å². The Morgan fingerprint density at radius 2 is 2.18 bits per heavy atom. The molecule has 0 fully saturated rings. The van der Waals surface area contributed by atoms with Crippen LogP contribution in [0.15, 0.2) is 15.7 Å². The van der Waals surface area contributed by atoms with Crippen molar-refractivity contribution in [3.8, 4) is 0 Å². The topological polar surface area (TPSA) is 77.2 Å². The monoisotopic (exact) mass is 191 g/mol. The Labute approximate surface area is 67.7 Å². The van der Waals surface area contributed by atoms with Crippen LogP contribution in [-0.2, 0) is 10.0 Å². The van der Waals surface area contributed by atoms with Gasteiger partial charge in [-0.15, -0.1) is 11.3 Å². The maximum absolute atomic E-state index is 10.7. The molecule has 0 aromatic carbocycles. The van der Waals surface area contributed by atoms with Crippen molar-refractivity contribution in [2.45, 2.75) is 4.21 Å². The minimum atomic E-state index is -3.71. The molecule has 1 rings (SSSR count). The highest BCUT2D eigenvalue weighted by Gasteiger charge is 2.14. The van der Waals surface area contributed by atoms with Crippen LogP contribution in [0.4, 0.5) is 0 Å². The van der Waals surface area contributed by atoms with Crippen LogP contribution in [0.5, 0.6) is 0 Å². The number of carbonyl (C=O) groups excluding carboxylic acids is 1. The van der Waals surface area contributed by atoms with Gasteiger partial charge < -0.3 is 0 Å². The van der Waals surface area contributed by atoms with Crippen LogP contribution in [0.3, 0.4) is 0 Å². The van der Waals surface area contributed by atoms with E-state index in [0.29, 0.717) is 6.29 Å². The van der Waals surface area contributed by atoms with Gasteiger partial charge in [0.2, 0.25) is 10.0 Å². The summed E-state index contributed by atoms with van der Waals surface area (Å²) in [6.45, 7) is 0. The van der Waals surface area contributed by atoms with Gasteiger partial charge in [-0.25, -0.2) is 13.6 Å². The molecule has 0 saturated carbocycles. The van der Waals surface area contributed by atoms with Gasteiger partial charge in [-0.2, -0.15) is 0 Å². The van der Waals surface area contributed by atoms with Crippen molar-refractivity contribution < 1.29 is 13.2 Å². The summed E-state index contributed by atoms with van der Waals surface area (Å²) in [4.78, 5) is 10.2. The SMILES string of the molecule is NS(=O)(=O)c1sccc1C=O. The summed E-state index contributed by atoms with van der Waals surface area (Å²) in [5, 5.41) is 6.30. The van der Waals surface area contributed by atoms with E-state index in [0.717, 1.165) is 11.3 Å². The van der Waals surface area contributed by atoms with Crippen molar-refractivity contribution in [2.24, 2.45) is 5.14 Å². The van der Waals surface area contributed by atoms with Gasteiger partial charge in [0.05, 0.1) is 0 Å². The number of nitrogens with two attached hydrogens (primary N) is 1. The lowest BCUT2D eigenvalue weighted by Crippen LogP contribution is -2.11. The Morgan fingerprint density at radius 3 is 2.55 bits per heavy atom. The number of sulfonamides is 1. The van der Waals surface area contributed by atoms with Crippen molar-refractivity contribution in [2.75, 3.05) is 0 Å². The first-order valence-corrected chi connectivity index (χ1v) is 5.04. The Kier molecular flexibility index (Phi) is 2.08. The molecule has 0 amide bonds. The summed E-state index contributed by atoms with van der Waals surface area (Å²) in [5.41, 5.74) is 0.123. The number of hydrogen-bond acceptors (Lipinski definition) is 4. The third-order valence-electron chi connectivity index (χ3n) is 1.04. The van der Waals surface area contributed by atoms with E-state index >= 15 is 0 Å². The van der Waals surface area contributed by atoms with Crippen LogP contribution in [-0.4, -0.2) is 14.7 Å². The average Bonchev–Trinajstić information content (AvgIpc) is 2.31. The molecule has 0 atom stereocenters. The number of aldehydes is 1. The van der Waals surface area contributed by atoms with Crippen LogP contribution < -0.4 is 5.14 Å². The number of hydrogen-bond donors (Lipinski definition) is 1. The fraction of sp³-hybridized carbons (Fsp3) is 0. The molecule has 6 heteroatoms. The van der Waals surface area contributed by atoms with E-state index in [9.17, 15) is 13.2 Å². The summed E-state index contributed by atoms with van der Waals surface area (Å²) in [5.74, 6) is 0. The summed E-state index contributed by atoms with van der Waals surface area (Å²) in [7, 11) is -3.71. The second kappa shape index (κ2) is 2.72. The molecule has 0 aliphatic rings. The van der Waals surface area contributed by atoms with E-state index in [4.69, 9.17) is 5.14 Å². The standard InChI is InChI=1S/C5H5NO3S2/c6-11(8,9)5-4(3-7)1-2-10-5/h1-3H,(H2,6,8,9). The van der Waals surface area contributed by atoms with Crippen molar-refractivity contribution in [1.82, 2.24) is 0 Å². The molecular weight excluding hydrogens is 186 g/mol. The molecule has 11 heavy (non-hydrogen) atoms. The van der Waals surface area contributed by atoms with E-state index in [1.807, 2.05) is 0 Å². The zero-order chi connectivity index (χ0) is 8.48. The molecule has 2 N–H and O–H groups in total. The van der Waals surface area contributed by atoms with E-state index in [-0.39, 0.29) is 9.77 Å². The minimum absolute atomic E-state index is 0.0764. The highest BCUT2D eigenvalue weighted by molar-refractivity contribution is 7.91. The predicted octanol–water partition coefficient (Wildman–Crippen LogP) is 0.208. The van der Waals surface area contributed by atoms with Gasteiger partial charge in [0, 0.05) is 5.56 Å². The summed E-state index contributed by atoms with van der Waals surface area (Å²) >= 11 is 0.937. The molecule has 0 unspecified atom stereocenters. The molecule has 1 aromatic heterocycles. The lowest BCUT2D eigenvalue weighted by molar-refractivity contribution is 0.112. The Hall–Kier alpha value is -0.720. The second-order valence-corrected chi connectivity index (χ2v) is 4.50. The van der Waals surface area contributed by atoms with E-state index in [1.54, 1.807) is 0 Å². The Bertz CT molecular complexity index is 365. The van der Waals surface area contributed by atoms with Crippen molar-refractivity contribution in [3.63, 3.8) is 0 Å². The predicted molar refractivity (Wildman–Crippen MR) is 41.1 cm³/mol. The van der Waals surface area contributed by atoms with Crippen molar-refractivity contribution in [1.29, 1.82) is 0 Å². The molecule has 1 aromatic rings. The zero-order valence-corrected chi connectivity index (χ0v) is 6.98. The second-order valence-electron chi connectivity index (χ2n) is 1.83. The average molecular weight is 191 g/mol. The fourth-order valence-electron chi connectivity index (χ4n) is 0.624. The molecule has 0 radical (unpaired) electrons. The number of thiophene rings is 1. The first kappa shape index (κ1) is 8.38. The number of carbonyl (C=O) groups is 1. The Balaban J connectivity index is 3.35. The van der Waals surface area contributed by atoms with Crippen molar-refractivity contribution in [3.05, 3.63) is 17.0 Å². The minimum Gasteiger partial charge on any atom is -0.298 e. The molecule has 4 nitrogen and oxygen atoms in total. The first-order valence-electron chi connectivity index (χ1n) is 2.61. The highest BCUT2D eigenvalue weighted by atomic mass is 32.2. The Morgan fingerprint density at radius 1 is 1.55 bits per heavy atom. The maximum atomic E-state index is 10.7. The summed E-state index contributed by atoms with van der Waals surface area (Å²) in [6.07, 6.45) is 0.468. The van der Waals surface area contributed by atoms with E-state index < -0.39 is 10.0 Å². The summed E-state index contributed by atoms with van der Waals surface area (Å²) in [6, 6.07) is 1.41. The van der Waals surface area contributed by atoms with Crippen LogP contribution in [0.25, 0.3) is 0 Å². The summed E-state index contributed by atoms with van der Waals surface area (Å²) < 4.78 is 21.3. The lowest BCUT2D eigenvalue weighted by atomic mass is 10.4. The highest BCUT2D eigenvalue weighted by Crippen LogP contribution is 2.18. The maximum Gasteiger partial charge on any atom is 0.248 e. The third kappa shape index (κ3) is 1.65. The smallest absolute Gasteiger partial charge is 0.248 e. The van der Waals surface area contributed by atoms with Crippen LogP contribution >= 0.6 is 11.3 Å². The molecule has 0 aliphatic carbocycles. The number of rotatable bonds is 2. The third-order valence-corrected chi connectivity index (χ3v) is 3.50. The molecule has 0 bridgehead atoms. The van der Waals surface area contributed by atoms with Crippen LogP contribution in [0.2, 0.25) is 0 Å². The molecular formula is C5H5NO3S2. The van der Waals surface area contributed by atoms with Crippen LogP contribution in [0.1, 0.15) is 10.4 Å². The molecule has 0 saturated heterocycles. The largest absolute Gasteiger partial charge is 0.298 e. The van der Waals surface area contributed by atoms with Gasteiger partial charge in [0.25, 0.3) is 0 Å². The van der Waals surface area contributed by atoms with E-state index in [2.05, 4.69) is 0 Å². The first-order chi connectivity index (χ1) is 5.05. The van der Waals surface area contributed by atoms with Gasteiger partial charge >= 0.3 is 0 Å². The molecule has 1 heterocycles. The van der Waals surface area contributed by atoms with Gasteiger partial charge in [-0.3, -0.25) is 4.79 Å². The molecule has 0 aliphatic heterocycles. The lowest BCUT2D eigenvalue weighted by Gasteiger charge is -1.91. The van der Waals surface area contributed by atoms with Gasteiger partial charge in [0.15, 0.2) is 6.29 Å². The normalized spacial score (nSPS) is 11.4. The molecule has 0 spiro atoms. The van der Waals surface area contributed by atoms with Gasteiger partial charge in [-0.1, -0.05) is 0 Å². The zero-order valence-electron chi connectivity index (χ0n) is 5.35. The van der Waals surface area contributed by atoms with E-state index in [1.165, 1.54) is 11.4 Å². The number of primary sulfonamides is 1. The van der Waals surface area contributed by atoms with Crippen molar-refractivity contribution >= 4 is 27.6 Å². The van der Waals surface area contributed by atoms with Gasteiger partial charge in [-0.05, 0) is 11.4 Å². The fourth-order valence-corrected chi connectivity index (χ4v) is 2.36. The molecule has 60 valence electrons.